The van der Waals surface area contributed by atoms with Crippen molar-refractivity contribution in [1.82, 2.24) is 15.4 Å². The summed E-state index contributed by atoms with van der Waals surface area (Å²) in [6.45, 7) is 6.83. The van der Waals surface area contributed by atoms with Crippen LogP contribution in [0.4, 0.5) is 0 Å². The lowest BCUT2D eigenvalue weighted by atomic mass is 9.76. The summed E-state index contributed by atoms with van der Waals surface area (Å²) in [6, 6.07) is 6.43. The number of rotatable bonds is 4. The molecule has 0 saturated heterocycles. The van der Waals surface area contributed by atoms with E-state index >= 15 is 0 Å². The van der Waals surface area contributed by atoms with Crippen LogP contribution in [0, 0.1) is 0 Å². The third-order valence-corrected chi connectivity index (χ3v) is 3.60. The Labute approximate surface area is 96.3 Å². The fourth-order valence-electron chi connectivity index (χ4n) is 2.30. The smallest absolute Gasteiger partial charge is 0.112 e. The molecule has 0 spiro atoms. The van der Waals surface area contributed by atoms with Gasteiger partial charge in [0.05, 0.1) is 5.52 Å². The van der Waals surface area contributed by atoms with Crippen molar-refractivity contribution in [1.29, 1.82) is 0 Å². The third-order valence-electron chi connectivity index (χ3n) is 3.60. The van der Waals surface area contributed by atoms with Crippen molar-refractivity contribution < 1.29 is 0 Å². The number of aromatic nitrogens is 3. The number of hydrogen-bond acceptors (Lipinski definition) is 2. The van der Waals surface area contributed by atoms with E-state index in [0.717, 1.165) is 17.5 Å². The van der Waals surface area contributed by atoms with Crippen LogP contribution in [-0.4, -0.2) is 15.4 Å². The van der Waals surface area contributed by atoms with Crippen LogP contribution >= 0.6 is 0 Å². The monoisotopic (exact) mass is 217 g/mol. The van der Waals surface area contributed by atoms with Gasteiger partial charge in [-0.15, -0.1) is 5.10 Å². The number of benzene rings is 1. The molecule has 16 heavy (non-hydrogen) atoms. The molecule has 0 aliphatic carbocycles. The molecule has 1 unspecified atom stereocenters. The number of fused-ring (bicyclic) bond motifs is 1. The highest BCUT2D eigenvalue weighted by molar-refractivity contribution is 5.74. The Morgan fingerprint density at radius 1 is 1.31 bits per heavy atom. The molecule has 1 atom stereocenters. The van der Waals surface area contributed by atoms with Gasteiger partial charge >= 0.3 is 0 Å². The lowest BCUT2D eigenvalue weighted by Crippen LogP contribution is -2.20. The van der Waals surface area contributed by atoms with Crippen molar-refractivity contribution in [3.63, 3.8) is 0 Å². The van der Waals surface area contributed by atoms with Crippen molar-refractivity contribution in [2.75, 3.05) is 0 Å². The molecule has 1 heterocycles. The van der Waals surface area contributed by atoms with Crippen molar-refractivity contribution >= 4 is 11.0 Å². The van der Waals surface area contributed by atoms with Crippen molar-refractivity contribution in [2.45, 2.75) is 45.4 Å². The van der Waals surface area contributed by atoms with Gasteiger partial charge in [0.15, 0.2) is 0 Å². The Bertz CT molecular complexity index is 475. The molecule has 0 saturated carbocycles. The predicted octanol–water partition coefficient (Wildman–Crippen LogP) is 3.43. The number of hydrogen-bond donors (Lipinski definition) is 1. The first-order chi connectivity index (χ1) is 7.69. The van der Waals surface area contributed by atoms with E-state index in [1.807, 2.05) is 0 Å². The molecule has 0 aliphatic rings. The van der Waals surface area contributed by atoms with Crippen LogP contribution in [0.2, 0.25) is 0 Å². The molecule has 3 heteroatoms. The summed E-state index contributed by atoms with van der Waals surface area (Å²) in [5.74, 6) is 0. The SMILES string of the molecule is CCCC(C)(CC)c1ccc2nn[nH]c2c1. The summed E-state index contributed by atoms with van der Waals surface area (Å²) in [5, 5.41) is 10.8. The zero-order chi connectivity index (χ0) is 11.6. The molecular formula is C13H19N3. The van der Waals surface area contributed by atoms with Crippen molar-refractivity contribution in [3.05, 3.63) is 23.8 Å². The number of H-pyrrole nitrogens is 1. The Morgan fingerprint density at radius 3 is 2.81 bits per heavy atom. The standard InChI is InChI=1S/C13H19N3/c1-4-8-13(3,5-2)10-6-7-11-12(9-10)15-16-14-11/h6-7,9H,4-5,8H2,1-3H3,(H,14,15,16). The topological polar surface area (TPSA) is 41.6 Å². The van der Waals surface area contributed by atoms with Crippen molar-refractivity contribution in [3.8, 4) is 0 Å². The number of nitrogens with zero attached hydrogens (tertiary/aromatic N) is 2. The maximum Gasteiger partial charge on any atom is 0.112 e. The summed E-state index contributed by atoms with van der Waals surface area (Å²) in [5.41, 5.74) is 3.64. The quantitative estimate of drug-likeness (QED) is 0.852. The molecule has 0 fully saturated rings. The van der Waals surface area contributed by atoms with Crippen LogP contribution < -0.4 is 0 Å². The molecule has 3 nitrogen and oxygen atoms in total. The Morgan fingerprint density at radius 2 is 2.12 bits per heavy atom. The van der Waals surface area contributed by atoms with E-state index in [4.69, 9.17) is 0 Å². The van der Waals surface area contributed by atoms with E-state index in [-0.39, 0.29) is 5.41 Å². The van der Waals surface area contributed by atoms with Gasteiger partial charge in [0.1, 0.15) is 5.52 Å². The van der Waals surface area contributed by atoms with Gasteiger partial charge in [0.25, 0.3) is 0 Å². The third kappa shape index (κ3) is 1.82. The highest BCUT2D eigenvalue weighted by Gasteiger charge is 2.23. The molecule has 0 amide bonds. The van der Waals surface area contributed by atoms with Gasteiger partial charge < -0.3 is 0 Å². The van der Waals surface area contributed by atoms with Gasteiger partial charge in [-0.2, -0.15) is 0 Å². The highest BCUT2D eigenvalue weighted by Crippen LogP contribution is 2.33. The summed E-state index contributed by atoms with van der Waals surface area (Å²) in [4.78, 5) is 0. The Kier molecular flexibility index (Phi) is 2.95. The summed E-state index contributed by atoms with van der Waals surface area (Å²) < 4.78 is 0. The van der Waals surface area contributed by atoms with Crippen LogP contribution in [0.25, 0.3) is 11.0 Å². The fourth-order valence-corrected chi connectivity index (χ4v) is 2.30. The molecule has 0 bridgehead atoms. The first kappa shape index (κ1) is 11.1. The highest BCUT2D eigenvalue weighted by atomic mass is 15.3. The Hall–Kier alpha value is -1.38. The van der Waals surface area contributed by atoms with Gasteiger partial charge in [-0.1, -0.05) is 38.5 Å². The van der Waals surface area contributed by atoms with E-state index in [2.05, 4.69) is 54.4 Å². The lowest BCUT2D eigenvalue weighted by molar-refractivity contribution is 0.414. The molecular weight excluding hydrogens is 198 g/mol. The molecule has 0 radical (unpaired) electrons. The van der Waals surface area contributed by atoms with Crippen LogP contribution in [0.5, 0.6) is 0 Å². The van der Waals surface area contributed by atoms with Crippen LogP contribution in [0.15, 0.2) is 18.2 Å². The second-order valence-electron chi connectivity index (χ2n) is 4.71. The van der Waals surface area contributed by atoms with Gasteiger partial charge in [-0.05, 0) is 36.0 Å². The largest absolute Gasteiger partial charge is 0.258 e. The number of aromatic amines is 1. The minimum atomic E-state index is 0.272. The summed E-state index contributed by atoms with van der Waals surface area (Å²) in [6.07, 6.45) is 3.59. The summed E-state index contributed by atoms with van der Waals surface area (Å²) in [7, 11) is 0. The molecule has 1 aromatic heterocycles. The van der Waals surface area contributed by atoms with Gasteiger partial charge in [0.2, 0.25) is 0 Å². The second kappa shape index (κ2) is 4.24. The molecule has 86 valence electrons. The van der Waals surface area contributed by atoms with E-state index < -0.39 is 0 Å². The van der Waals surface area contributed by atoms with Crippen LogP contribution in [0.1, 0.15) is 45.6 Å². The first-order valence-electron chi connectivity index (χ1n) is 6.01. The zero-order valence-electron chi connectivity index (χ0n) is 10.2. The van der Waals surface area contributed by atoms with E-state index in [1.54, 1.807) is 0 Å². The molecule has 2 aromatic rings. The number of nitrogens with one attached hydrogen (secondary N) is 1. The average Bonchev–Trinajstić information content (AvgIpc) is 2.76. The lowest BCUT2D eigenvalue weighted by Gasteiger charge is -2.28. The maximum absolute atomic E-state index is 4.01. The molecule has 0 aliphatic heterocycles. The van der Waals surface area contributed by atoms with E-state index in [9.17, 15) is 0 Å². The predicted molar refractivity (Wildman–Crippen MR) is 66.4 cm³/mol. The van der Waals surface area contributed by atoms with Crippen LogP contribution in [-0.2, 0) is 5.41 Å². The zero-order valence-corrected chi connectivity index (χ0v) is 10.2. The van der Waals surface area contributed by atoms with Gasteiger partial charge in [-0.25, -0.2) is 0 Å². The van der Waals surface area contributed by atoms with Crippen molar-refractivity contribution in [2.24, 2.45) is 0 Å². The normalized spacial score (nSPS) is 15.2. The minimum absolute atomic E-state index is 0.272. The maximum atomic E-state index is 4.01. The minimum Gasteiger partial charge on any atom is -0.258 e. The first-order valence-corrected chi connectivity index (χ1v) is 6.01. The van der Waals surface area contributed by atoms with E-state index in [0.29, 0.717) is 0 Å². The van der Waals surface area contributed by atoms with Gasteiger partial charge in [0, 0.05) is 0 Å². The van der Waals surface area contributed by atoms with E-state index in [1.165, 1.54) is 18.4 Å². The molecule has 2 rings (SSSR count). The van der Waals surface area contributed by atoms with Gasteiger partial charge in [-0.3, -0.25) is 5.10 Å². The molecule has 1 aromatic carbocycles. The summed E-state index contributed by atoms with van der Waals surface area (Å²) >= 11 is 0. The fraction of sp³-hybridized carbons (Fsp3) is 0.538. The Balaban J connectivity index is 2.44. The van der Waals surface area contributed by atoms with Crippen LogP contribution in [0.3, 0.4) is 0 Å². The average molecular weight is 217 g/mol. The second-order valence-corrected chi connectivity index (χ2v) is 4.71. The molecule has 1 N–H and O–H groups in total.